The third-order valence-corrected chi connectivity index (χ3v) is 2.39. The van der Waals surface area contributed by atoms with E-state index in [2.05, 4.69) is 10.6 Å². The van der Waals surface area contributed by atoms with Crippen LogP contribution in [0, 0.1) is 0 Å². The molecule has 0 spiro atoms. The molecule has 0 unspecified atom stereocenters. The van der Waals surface area contributed by atoms with Gasteiger partial charge in [0.1, 0.15) is 0 Å². The third-order valence-electron chi connectivity index (χ3n) is 2.39. The largest absolute Gasteiger partial charge is 0.459 e. The summed E-state index contributed by atoms with van der Waals surface area (Å²) < 4.78 is 4.95. The SMILES string of the molecule is CNC(=O)CCCCCNC(=O)c1ccco1. The van der Waals surface area contributed by atoms with Crippen LogP contribution >= 0.6 is 0 Å². The van der Waals surface area contributed by atoms with Gasteiger partial charge in [0.2, 0.25) is 5.91 Å². The average Bonchev–Trinajstić information content (AvgIpc) is 2.86. The van der Waals surface area contributed by atoms with E-state index in [0.29, 0.717) is 18.7 Å². The molecule has 1 aromatic rings. The zero-order valence-corrected chi connectivity index (χ0v) is 9.99. The van der Waals surface area contributed by atoms with Gasteiger partial charge in [-0.2, -0.15) is 0 Å². The topological polar surface area (TPSA) is 71.3 Å². The second kappa shape index (κ2) is 7.49. The van der Waals surface area contributed by atoms with Gasteiger partial charge in [-0.25, -0.2) is 0 Å². The molecule has 5 nitrogen and oxygen atoms in total. The standard InChI is InChI=1S/C12H18N2O3/c1-13-11(15)7-3-2-4-8-14-12(16)10-6-5-9-17-10/h5-6,9H,2-4,7-8H2,1H3,(H,13,15)(H,14,16). The zero-order valence-electron chi connectivity index (χ0n) is 9.99. The number of unbranched alkanes of at least 4 members (excludes halogenated alkanes) is 2. The Morgan fingerprint density at radius 1 is 1.29 bits per heavy atom. The number of rotatable bonds is 7. The summed E-state index contributed by atoms with van der Waals surface area (Å²) in [5.74, 6) is 0.196. The Hall–Kier alpha value is -1.78. The second-order valence-corrected chi connectivity index (χ2v) is 3.72. The van der Waals surface area contributed by atoms with E-state index in [-0.39, 0.29) is 11.8 Å². The molecule has 1 rings (SSSR count). The maximum Gasteiger partial charge on any atom is 0.286 e. The number of nitrogens with one attached hydrogen (secondary N) is 2. The molecular formula is C12H18N2O3. The summed E-state index contributed by atoms with van der Waals surface area (Å²) in [5, 5.41) is 5.33. The minimum Gasteiger partial charge on any atom is -0.459 e. The number of hydrogen-bond donors (Lipinski definition) is 2. The summed E-state index contributed by atoms with van der Waals surface area (Å²) in [5.41, 5.74) is 0. The van der Waals surface area contributed by atoms with E-state index in [1.807, 2.05) is 0 Å². The van der Waals surface area contributed by atoms with Gasteiger partial charge < -0.3 is 15.1 Å². The minimum absolute atomic E-state index is 0.0598. The van der Waals surface area contributed by atoms with Crippen LogP contribution in [0.5, 0.6) is 0 Å². The number of amides is 2. The molecule has 2 amide bonds. The van der Waals surface area contributed by atoms with Gasteiger partial charge in [0.25, 0.3) is 5.91 Å². The van der Waals surface area contributed by atoms with Crippen molar-refractivity contribution in [1.82, 2.24) is 10.6 Å². The van der Waals surface area contributed by atoms with Crippen molar-refractivity contribution in [1.29, 1.82) is 0 Å². The van der Waals surface area contributed by atoms with E-state index in [1.165, 1.54) is 6.26 Å². The lowest BCUT2D eigenvalue weighted by atomic mass is 10.2. The molecule has 94 valence electrons. The average molecular weight is 238 g/mol. The summed E-state index contributed by atoms with van der Waals surface area (Å²) in [4.78, 5) is 22.3. The maximum atomic E-state index is 11.4. The molecule has 0 aliphatic heterocycles. The molecule has 0 fully saturated rings. The van der Waals surface area contributed by atoms with Crippen LogP contribution in [-0.4, -0.2) is 25.4 Å². The summed E-state index contributed by atoms with van der Waals surface area (Å²) in [7, 11) is 1.63. The fourth-order valence-corrected chi connectivity index (χ4v) is 1.41. The fraction of sp³-hybridized carbons (Fsp3) is 0.500. The molecule has 5 heteroatoms. The number of hydrogen-bond acceptors (Lipinski definition) is 3. The number of carbonyl (C=O) groups is 2. The first-order chi connectivity index (χ1) is 8.24. The monoisotopic (exact) mass is 238 g/mol. The van der Waals surface area contributed by atoms with Crippen LogP contribution in [0.2, 0.25) is 0 Å². The number of carbonyl (C=O) groups excluding carboxylic acids is 2. The van der Waals surface area contributed by atoms with Crippen molar-refractivity contribution < 1.29 is 14.0 Å². The smallest absolute Gasteiger partial charge is 0.286 e. The van der Waals surface area contributed by atoms with Gasteiger partial charge in [0.15, 0.2) is 5.76 Å². The summed E-state index contributed by atoms with van der Waals surface area (Å²) in [6.07, 6.45) is 4.65. The molecule has 1 heterocycles. The molecular weight excluding hydrogens is 220 g/mol. The van der Waals surface area contributed by atoms with Gasteiger partial charge in [-0.05, 0) is 25.0 Å². The highest BCUT2D eigenvalue weighted by Gasteiger charge is 2.06. The van der Waals surface area contributed by atoms with E-state index >= 15 is 0 Å². The highest BCUT2D eigenvalue weighted by atomic mass is 16.3. The van der Waals surface area contributed by atoms with Gasteiger partial charge in [-0.3, -0.25) is 9.59 Å². The summed E-state index contributed by atoms with van der Waals surface area (Å²) in [6, 6.07) is 3.30. The van der Waals surface area contributed by atoms with Gasteiger partial charge in [-0.15, -0.1) is 0 Å². The molecule has 0 aromatic carbocycles. The van der Waals surface area contributed by atoms with Crippen LogP contribution in [0.1, 0.15) is 36.2 Å². The molecule has 0 saturated heterocycles. The van der Waals surface area contributed by atoms with Crippen molar-refractivity contribution in [3.63, 3.8) is 0 Å². The molecule has 0 bridgehead atoms. The molecule has 2 N–H and O–H groups in total. The van der Waals surface area contributed by atoms with E-state index in [0.717, 1.165) is 19.3 Å². The van der Waals surface area contributed by atoms with E-state index in [4.69, 9.17) is 4.42 Å². The molecule has 17 heavy (non-hydrogen) atoms. The van der Waals surface area contributed by atoms with Gasteiger partial charge in [0.05, 0.1) is 6.26 Å². The minimum atomic E-state index is -0.193. The normalized spacial score (nSPS) is 9.94. The van der Waals surface area contributed by atoms with Crippen molar-refractivity contribution in [3.05, 3.63) is 24.2 Å². The van der Waals surface area contributed by atoms with Crippen molar-refractivity contribution in [3.8, 4) is 0 Å². The van der Waals surface area contributed by atoms with Crippen molar-refractivity contribution in [2.75, 3.05) is 13.6 Å². The fourth-order valence-electron chi connectivity index (χ4n) is 1.41. The van der Waals surface area contributed by atoms with Crippen LogP contribution in [0.3, 0.4) is 0 Å². The summed E-state index contributed by atoms with van der Waals surface area (Å²) >= 11 is 0. The predicted octanol–water partition coefficient (Wildman–Crippen LogP) is 1.32. The Balaban J connectivity index is 2.01. The zero-order chi connectivity index (χ0) is 12.5. The lowest BCUT2D eigenvalue weighted by molar-refractivity contribution is -0.120. The highest BCUT2D eigenvalue weighted by Crippen LogP contribution is 2.01. The first kappa shape index (κ1) is 13.3. The molecule has 1 aromatic heterocycles. The van der Waals surface area contributed by atoms with Crippen LogP contribution < -0.4 is 10.6 Å². The molecule has 0 aliphatic carbocycles. The van der Waals surface area contributed by atoms with E-state index < -0.39 is 0 Å². The Kier molecular flexibility index (Phi) is 5.85. The van der Waals surface area contributed by atoms with Gasteiger partial charge >= 0.3 is 0 Å². The van der Waals surface area contributed by atoms with Crippen molar-refractivity contribution in [2.24, 2.45) is 0 Å². The van der Waals surface area contributed by atoms with Crippen molar-refractivity contribution >= 4 is 11.8 Å². The van der Waals surface area contributed by atoms with Crippen LogP contribution in [0.15, 0.2) is 22.8 Å². The Morgan fingerprint density at radius 2 is 2.12 bits per heavy atom. The van der Waals surface area contributed by atoms with Crippen LogP contribution in [-0.2, 0) is 4.79 Å². The maximum absolute atomic E-state index is 11.4. The third kappa shape index (κ3) is 5.19. The Labute approximate surface area is 101 Å². The quantitative estimate of drug-likeness (QED) is 0.704. The predicted molar refractivity (Wildman–Crippen MR) is 63.6 cm³/mol. The first-order valence-corrected chi connectivity index (χ1v) is 5.76. The molecule has 0 saturated carbocycles. The highest BCUT2D eigenvalue weighted by molar-refractivity contribution is 5.91. The Morgan fingerprint density at radius 3 is 2.76 bits per heavy atom. The lowest BCUT2D eigenvalue weighted by Gasteiger charge is -2.03. The lowest BCUT2D eigenvalue weighted by Crippen LogP contribution is -2.24. The van der Waals surface area contributed by atoms with Crippen LogP contribution in [0.4, 0.5) is 0 Å². The van der Waals surface area contributed by atoms with Crippen LogP contribution in [0.25, 0.3) is 0 Å². The molecule has 0 radical (unpaired) electrons. The molecule has 0 aliphatic rings. The summed E-state index contributed by atoms with van der Waals surface area (Å²) in [6.45, 7) is 0.604. The first-order valence-electron chi connectivity index (χ1n) is 5.76. The van der Waals surface area contributed by atoms with Gasteiger partial charge in [0, 0.05) is 20.0 Å². The van der Waals surface area contributed by atoms with E-state index in [1.54, 1.807) is 19.2 Å². The second-order valence-electron chi connectivity index (χ2n) is 3.72. The van der Waals surface area contributed by atoms with Gasteiger partial charge in [-0.1, -0.05) is 6.42 Å². The molecule has 0 atom stereocenters. The number of furan rings is 1. The van der Waals surface area contributed by atoms with Crippen molar-refractivity contribution in [2.45, 2.75) is 25.7 Å². The van der Waals surface area contributed by atoms with E-state index in [9.17, 15) is 9.59 Å². The Bertz CT molecular complexity index is 347.